The number of likely N-dealkylation sites (N-methyl/N-ethyl adjacent to an activating group) is 1. The third kappa shape index (κ3) is 6.84. The van der Waals surface area contributed by atoms with Crippen molar-refractivity contribution in [3.8, 4) is 11.8 Å². The average molecular weight is 567 g/mol. The Bertz CT molecular complexity index is 1480. The predicted molar refractivity (Wildman–Crippen MR) is 150 cm³/mol. The molecule has 2 aromatic carbocycles. The molecule has 5 nitrogen and oxygen atoms in total. The van der Waals surface area contributed by atoms with Crippen LogP contribution in [0, 0.1) is 11.8 Å². The molecule has 2 fully saturated rings. The SMILES string of the molecule is CN1CCN(Cc2ccc(CC(=O)c3ccc(Cl)c(C#Cc4cc(C5CC5)cnc4N)c3)cc2C(F)(F)F)CC1. The zero-order valence-corrected chi connectivity index (χ0v) is 22.9. The Labute approximate surface area is 237 Å². The van der Waals surface area contributed by atoms with E-state index in [1.165, 1.54) is 6.07 Å². The summed E-state index contributed by atoms with van der Waals surface area (Å²) in [6.07, 6.45) is -0.673. The zero-order valence-electron chi connectivity index (χ0n) is 22.2. The van der Waals surface area contributed by atoms with Gasteiger partial charge in [-0.1, -0.05) is 35.6 Å². The van der Waals surface area contributed by atoms with Crippen LogP contribution in [-0.4, -0.2) is 53.8 Å². The van der Waals surface area contributed by atoms with Gasteiger partial charge in [-0.2, -0.15) is 13.2 Å². The predicted octanol–water partition coefficient (Wildman–Crippen LogP) is 5.79. The number of pyridine rings is 1. The highest BCUT2D eigenvalue weighted by Gasteiger charge is 2.34. The summed E-state index contributed by atoms with van der Waals surface area (Å²) < 4.78 is 41.9. The van der Waals surface area contributed by atoms with Gasteiger partial charge in [0.25, 0.3) is 0 Å². The number of nitrogen functional groups attached to an aromatic ring is 1. The van der Waals surface area contributed by atoms with Gasteiger partial charge in [-0.25, -0.2) is 4.98 Å². The summed E-state index contributed by atoms with van der Waals surface area (Å²) in [5.74, 6) is 6.48. The smallest absolute Gasteiger partial charge is 0.383 e. The average Bonchev–Trinajstić information content (AvgIpc) is 3.76. The summed E-state index contributed by atoms with van der Waals surface area (Å²) in [5, 5.41) is 0.363. The summed E-state index contributed by atoms with van der Waals surface area (Å²) in [4.78, 5) is 21.5. The van der Waals surface area contributed by atoms with Crippen LogP contribution in [0.15, 0.2) is 48.7 Å². The standard InChI is InChI=1S/C31H30ClF3N4O/c1-38-10-12-39(13-11-38)19-25-3-2-20(14-27(25)31(33,34)35)15-29(40)23-8-9-28(32)22(16-23)6-7-24-17-26(21-4-5-21)18-37-30(24)36/h2-3,8-9,14,16-18,21H,4-5,10-13,15,19H2,1H3,(H2,36,37). The number of rotatable bonds is 6. The van der Waals surface area contributed by atoms with E-state index >= 15 is 0 Å². The van der Waals surface area contributed by atoms with Crippen molar-refractivity contribution >= 4 is 23.2 Å². The minimum atomic E-state index is -4.52. The van der Waals surface area contributed by atoms with Crippen molar-refractivity contribution in [2.75, 3.05) is 39.0 Å². The number of Topliss-reactive ketones (excluding diaryl/α,β-unsaturated/α-hetero) is 1. The Morgan fingerprint density at radius 2 is 1.77 bits per heavy atom. The first-order valence-electron chi connectivity index (χ1n) is 13.3. The molecule has 0 radical (unpaired) electrons. The molecule has 3 aromatic rings. The molecule has 0 atom stereocenters. The minimum Gasteiger partial charge on any atom is -0.383 e. The lowest BCUT2D eigenvalue weighted by atomic mass is 9.97. The monoisotopic (exact) mass is 566 g/mol. The summed E-state index contributed by atoms with van der Waals surface area (Å²) in [6.45, 7) is 3.28. The fraction of sp³-hybridized carbons (Fsp3) is 0.355. The second kappa shape index (κ2) is 11.6. The number of aromatic nitrogens is 1. The fourth-order valence-corrected chi connectivity index (χ4v) is 5.00. The van der Waals surface area contributed by atoms with E-state index in [2.05, 4.69) is 21.7 Å². The van der Waals surface area contributed by atoms with E-state index in [0.29, 0.717) is 52.1 Å². The van der Waals surface area contributed by atoms with Crippen molar-refractivity contribution in [1.29, 1.82) is 0 Å². The molecule has 0 unspecified atom stereocenters. The van der Waals surface area contributed by atoms with Crippen molar-refractivity contribution in [2.24, 2.45) is 0 Å². The number of alkyl halides is 3. The molecular formula is C31H30ClF3N4O. The number of carbonyl (C=O) groups is 1. The van der Waals surface area contributed by atoms with Crippen LogP contribution in [-0.2, 0) is 19.1 Å². The van der Waals surface area contributed by atoms with Gasteiger partial charge in [-0.05, 0) is 72.8 Å². The van der Waals surface area contributed by atoms with Crippen LogP contribution in [0.5, 0.6) is 0 Å². The molecule has 0 amide bonds. The van der Waals surface area contributed by atoms with E-state index in [1.54, 1.807) is 30.5 Å². The Hall–Kier alpha value is -3.38. The molecule has 40 heavy (non-hydrogen) atoms. The van der Waals surface area contributed by atoms with Crippen molar-refractivity contribution in [2.45, 2.75) is 37.9 Å². The Morgan fingerprint density at radius 1 is 1.05 bits per heavy atom. The molecule has 0 bridgehead atoms. The lowest BCUT2D eigenvalue weighted by molar-refractivity contribution is -0.138. The number of ketones is 1. The van der Waals surface area contributed by atoms with Gasteiger partial charge in [0.05, 0.1) is 16.1 Å². The van der Waals surface area contributed by atoms with Crippen molar-refractivity contribution in [3.05, 3.63) is 92.6 Å². The number of piperazine rings is 1. The number of carbonyl (C=O) groups excluding carboxylic acids is 1. The quantitative estimate of drug-likeness (QED) is 0.302. The van der Waals surface area contributed by atoms with Crippen LogP contribution in [0.25, 0.3) is 0 Å². The van der Waals surface area contributed by atoms with E-state index < -0.39 is 11.7 Å². The molecule has 208 valence electrons. The molecule has 2 N–H and O–H groups in total. The van der Waals surface area contributed by atoms with E-state index in [4.69, 9.17) is 17.3 Å². The van der Waals surface area contributed by atoms with Gasteiger partial charge in [0.2, 0.25) is 0 Å². The molecule has 2 heterocycles. The minimum absolute atomic E-state index is 0.174. The highest BCUT2D eigenvalue weighted by Crippen LogP contribution is 2.40. The number of hydrogen-bond acceptors (Lipinski definition) is 5. The summed E-state index contributed by atoms with van der Waals surface area (Å²) >= 11 is 6.34. The topological polar surface area (TPSA) is 62.5 Å². The summed E-state index contributed by atoms with van der Waals surface area (Å²) in [5.41, 5.74) is 8.27. The molecule has 1 aliphatic heterocycles. The van der Waals surface area contributed by atoms with Gasteiger partial charge in [0.1, 0.15) is 5.82 Å². The van der Waals surface area contributed by atoms with Crippen LogP contribution in [0.4, 0.5) is 19.0 Å². The number of anilines is 1. The Kier molecular flexibility index (Phi) is 8.18. The van der Waals surface area contributed by atoms with Crippen LogP contribution < -0.4 is 5.73 Å². The van der Waals surface area contributed by atoms with Crippen molar-refractivity contribution in [1.82, 2.24) is 14.8 Å². The Morgan fingerprint density at radius 3 is 2.48 bits per heavy atom. The zero-order chi connectivity index (χ0) is 28.4. The summed E-state index contributed by atoms with van der Waals surface area (Å²) in [6, 6.07) is 10.8. The van der Waals surface area contributed by atoms with Gasteiger partial charge in [-0.3, -0.25) is 9.69 Å². The number of benzene rings is 2. The third-order valence-corrected chi connectivity index (χ3v) is 7.77. The molecule has 1 saturated carbocycles. The second-order valence-corrected chi connectivity index (χ2v) is 11.0. The molecule has 1 aromatic heterocycles. The van der Waals surface area contributed by atoms with Gasteiger partial charge in [-0.15, -0.1) is 0 Å². The van der Waals surface area contributed by atoms with Crippen molar-refractivity contribution < 1.29 is 18.0 Å². The first-order valence-corrected chi connectivity index (χ1v) is 13.6. The van der Waals surface area contributed by atoms with Gasteiger partial charge in [0, 0.05) is 56.5 Å². The third-order valence-electron chi connectivity index (χ3n) is 7.44. The number of hydrogen-bond donors (Lipinski definition) is 1. The normalized spacial score (nSPS) is 16.4. The second-order valence-electron chi connectivity index (χ2n) is 10.6. The highest BCUT2D eigenvalue weighted by atomic mass is 35.5. The molecular weight excluding hydrogens is 537 g/mol. The molecule has 0 spiro atoms. The molecule has 9 heteroatoms. The fourth-order valence-electron chi connectivity index (χ4n) is 4.83. The van der Waals surface area contributed by atoms with Gasteiger partial charge >= 0.3 is 6.18 Å². The van der Waals surface area contributed by atoms with Crippen LogP contribution in [0.1, 0.15) is 62.5 Å². The largest absolute Gasteiger partial charge is 0.416 e. The van der Waals surface area contributed by atoms with Gasteiger partial charge < -0.3 is 10.6 Å². The maximum Gasteiger partial charge on any atom is 0.416 e. The van der Waals surface area contributed by atoms with Crippen LogP contribution in [0.3, 0.4) is 0 Å². The molecule has 2 aliphatic rings. The first kappa shape index (κ1) is 28.2. The van der Waals surface area contributed by atoms with Crippen LogP contribution in [0.2, 0.25) is 5.02 Å². The lowest BCUT2D eigenvalue weighted by Crippen LogP contribution is -2.44. The van der Waals surface area contributed by atoms with Crippen LogP contribution >= 0.6 is 11.6 Å². The maximum atomic E-state index is 14.0. The number of nitrogens with zero attached hydrogens (tertiary/aromatic N) is 3. The van der Waals surface area contributed by atoms with E-state index in [1.807, 2.05) is 18.0 Å². The highest BCUT2D eigenvalue weighted by molar-refractivity contribution is 6.31. The lowest BCUT2D eigenvalue weighted by Gasteiger charge is -2.33. The van der Waals surface area contributed by atoms with E-state index in [0.717, 1.165) is 37.6 Å². The summed E-state index contributed by atoms with van der Waals surface area (Å²) in [7, 11) is 2.00. The number of halogens is 4. The number of nitrogens with two attached hydrogens (primary N) is 1. The molecule has 1 aliphatic carbocycles. The first-order chi connectivity index (χ1) is 19.1. The van der Waals surface area contributed by atoms with E-state index in [9.17, 15) is 18.0 Å². The Balaban J connectivity index is 1.34. The maximum absolute atomic E-state index is 14.0. The van der Waals surface area contributed by atoms with Crippen molar-refractivity contribution in [3.63, 3.8) is 0 Å². The van der Waals surface area contributed by atoms with E-state index in [-0.39, 0.29) is 24.3 Å². The van der Waals surface area contributed by atoms with Gasteiger partial charge in [0.15, 0.2) is 5.78 Å². The molecule has 1 saturated heterocycles. The molecule has 5 rings (SSSR count).